The standard InChI is InChI=1S/C21H21N3O4/c1-4-24-21(27)20(22-15-10-11-17(28-3)16(26)12-15)18(13(2)25)19(23-24)14-8-6-5-7-9-14/h5-12,22,26H,4H2,1-3H3. The smallest absolute Gasteiger partial charge is 0.291 e. The number of aromatic nitrogens is 2. The maximum absolute atomic E-state index is 12.9. The van der Waals surface area contributed by atoms with Crippen LogP contribution in [0.1, 0.15) is 24.2 Å². The maximum Gasteiger partial charge on any atom is 0.291 e. The molecule has 7 nitrogen and oxygen atoms in total. The predicted octanol–water partition coefficient (Wildman–Crippen LogP) is 3.59. The average Bonchev–Trinajstić information content (AvgIpc) is 2.69. The second-order valence-electron chi connectivity index (χ2n) is 6.15. The number of carbonyl (C=O) groups excluding carboxylic acids is 1. The average molecular weight is 379 g/mol. The second-order valence-corrected chi connectivity index (χ2v) is 6.15. The molecule has 0 saturated heterocycles. The van der Waals surface area contributed by atoms with Crippen molar-refractivity contribution in [1.29, 1.82) is 0 Å². The molecule has 7 heteroatoms. The second kappa shape index (κ2) is 7.96. The number of rotatable bonds is 6. The Balaban J connectivity index is 2.23. The number of benzene rings is 2. The Morgan fingerprint density at radius 1 is 1.21 bits per heavy atom. The fourth-order valence-corrected chi connectivity index (χ4v) is 2.95. The molecule has 0 fully saturated rings. The molecule has 0 radical (unpaired) electrons. The number of nitrogens with zero attached hydrogens (tertiary/aromatic N) is 2. The number of nitrogens with one attached hydrogen (secondary N) is 1. The van der Waals surface area contributed by atoms with E-state index in [2.05, 4.69) is 10.4 Å². The van der Waals surface area contributed by atoms with Crippen LogP contribution in [-0.4, -0.2) is 27.8 Å². The van der Waals surface area contributed by atoms with E-state index in [0.29, 0.717) is 23.7 Å². The number of aryl methyl sites for hydroxylation is 1. The molecule has 3 rings (SSSR count). The summed E-state index contributed by atoms with van der Waals surface area (Å²) in [4.78, 5) is 25.4. The Hall–Kier alpha value is -3.61. The number of phenols is 1. The van der Waals surface area contributed by atoms with Crippen LogP contribution in [0.15, 0.2) is 53.3 Å². The van der Waals surface area contributed by atoms with Gasteiger partial charge in [0, 0.05) is 23.9 Å². The first-order valence-electron chi connectivity index (χ1n) is 8.81. The fourth-order valence-electron chi connectivity index (χ4n) is 2.95. The minimum absolute atomic E-state index is 0.0787. The van der Waals surface area contributed by atoms with Crippen molar-refractivity contribution in [2.45, 2.75) is 20.4 Å². The van der Waals surface area contributed by atoms with E-state index in [1.165, 1.54) is 24.8 Å². The van der Waals surface area contributed by atoms with Gasteiger partial charge in [0.1, 0.15) is 11.4 Å². The van der Waals surface area contributed by atoms with E-state index < -0.39 is 5.56 Å². The normalized spacial score (nSPS) is 10.5. The van der Waals surface area contributed by atoms with Crippen molar-refractivity contribution < 1.29 is 14.6 Å². The molecule has 0 aliphatic rings. The van der Waals surface area contributed by atoms with Gasteiger partial charge in [-0.05, 0) is 26.0 Å². The molecule has 144 valence electrons. The summed E-state index contributed by atoms with van der Waals surface area (Å²) in [6.45, 7) is 3.55. The number of ether oxygens (including phenoxy) is 1. The Bertz CT molecular complexity index is 1070. The third kappa shape index (κ3) is 3.59. The Labute approximate surface area is 162 Å². The van der Waals surface area contributed by atoms with E-state index in [4.69, 9.17) is 4.74 Å². The topological polar surface area (TPSA) is 93.5 Å². The number of Topliss-reactive ketones (excluding diaryl/α,β-unsaturated/α-hetero) is 1. The van der Waals surface area contributed by atoms with E-state index in [0.717, 1.165) is 5.56 Å². The molecule has 0 spiro atoms. The highest BCUT2D eigenvalue weighted by molar-refractivity contribution is 6.05. The molecule has 0 aliphatic heterocycles. The Morgan fingerprint density at radius 3 is 2.50 bits per heavy atom. The van der Waals surface area contributed by atoms with Crippen molar-refractivity contribution in [3.8, 4) is 22.8 Å². The van der Waals surface area contributed by atoms with Crippen molar-refractivity contribution in [2.24, 2.45) is 0 Å². The van der Waals surface area contributed by atoms with Gasteiger partial charge in [-0.2, -0.15) is 5.10 Å². The molecule has 0 aliphatic carbocycles. The molecule has 0 saturated carbocycles. The van der Waals surface area contributed by atoms with Crippen LogP contribution >= 0.6 is 0 Å². The minimum atomic E-state index is -0.414. The first kappa shape index (κ1) is 19.2. The zero-order valence-corrected chi connectivity index (χ0v) is 15.9. The van der Waals surface area contributed by atoms with Gasteiger partial charge in [-0.15, -0.1) is 0 Å². The van der Waals surface area contributed by atoms with Gasteiger partial charge in [-0.3, -0.25) is 9.59 Å². The molecule has 3 aromatic rings. The number of methoxy groups -OCH3 is 1. The summed E-state index contributed by atoms with van der Waals surface area (Å²) in [6, 6.07) is 13.9. The highest BCUT2D eigenvalue weighted by atomic mass is 16.5. The van der Waals surface area contributed by atoms with Crippen LogP contribution in [0.5, 0.6) is 11.5 Å². The quantitative estimate of drug-likeness (QED) is 0.636. The number of hydrogen-bond donors (Lipinski definition) is 2. The van der Waals surface area contributed by atoms with Gasteiger partial charge in [0.15, 0.2) is 17.3 Å². The molecule has 0 atom stereocenters. The molecule has 0 bridgehead atoms. The summed E-state index contributed by atoms with van der Waals surface area (Å²) < 4.78 is 6.35. The SMILES string of the molecule is CCn1nc(-c2ccccc2)c(C(C)=O)c(Nc2ccc(OC)c(O)c2)c1=O. The lowest BCUT2D eigenvalue weighted by Gasteiger charge is -2.16. The van der Waals surface area contributed by atoms with Crippen LogP contribution in [0, 0.1) is 0 Å². The summed E-state index contributed by atoms with van der Waals surface area (Å²) in [5.74, 6) is -0.0556. The summed E-state index contributed by atoms with van der Waals surface area (Å²) in [5, 5.41) is 17.4. The van der Waals surface area contributed by atoms with E-state index in [9.17, 15) is 14.7 Å². The first-order chi connectivity index (χ1) is 13.5. The zero-order valence-electron chi connectivity index (χ0n) is 15.9. The number of anilines is 2. The summed E-state index contributed by atoms with van der Waals surface area (Å²) in [6.07, 6.45) is 0. The van der Waals surface area contributed by atoms with Gasteiger partial charge in [0.25, 0.3) is 5.56 Å². The maximum atomic E-state index is 12.9. The summed E-state index contributed by atoms with van der Waals surface area (Å²) in [5.41, 5.74) is 1.52. The van der Waals surface area contributed by atoms with Crippen molar-refractivity contribution >= 4 is 17.2 Å². The van der Waals surface area contributed by atoms with Gasteiger partial charge >= 0.3 is 0 Å². The van der Waals surface area contributed by atoms with Gasteiger partial charge < -0.3 is 15.2 Å². The van der Waals surface area contributed by atoms with Crippen LogP contribution in [0.2, 0.25) is 0 Å². The monoisotopic (exact) mass is 379 g/mol. The van der Waals surface area contributed by atoms with Crippen LogP contribution in [0.3, 0.4) is 0 Å². The lowest BCUT2D eigenvalue weighted by atomic mass is 10.0. The van der Waals surface area contributed by atoms with Crippen molar-refractivity contribution in [2.75, 3.05) is 12.4 Å². The minimum Gasteiger partial charge on any atom is -0.504 e. The van der Waals surface area contributed by atoms with Crippen molar-refractivity contribution in [1.82, 2.24) is 9.78 Å². The van der Waals surface area contributed by atoms with Crippen LogP contribution < -0.4 is 15.6 Å². The number of hydrogen-bond acceptors (Lipinski definition) is 6. The molecular formula is C21H21N3O4. The number of phenolic OH excluding ortho intramolecular Hbond substituents is 1. The highest BCUT2D eigenvalue weighted by Crippen LogP contribution is 2.32. The van der Waals surface area contributed by atoms with E-state index in [-0.39, 0.29) is 22.8 Å². The molecule has 1 aromatic heterocycles. The van der Waals surface area contributed by atoms with Crippen LogP contribution in [0.25, 0.3) is 11.3 Å². The molecular weight excluding hydrogens is 358 g/mol. The largest absolute Gasteiger partial charge is 0.504 e. The van der Waals surface area contributed by atoms with E-state index >= 15 is 0 Å². The predicted molar refractivity (Wildman–Crippen MR) is 108 cm³/mol. The molecule has 2 N–H and O–H groups in total. The van der Waals surface area contributed by atoms with Gasteiger partial charge in [-0.25, -0.2) is 4.68 Å². The van der Waals surface area contributed by atoms with E-state index in [1.807, 2.05) is 30.3 Å². The van der Waals surface area contributed by atoms with Crippen molar-refractivity contribution in [3.63, 3.8) is 0 Å². The number of aromatic hydroxyl groups is 1. The lowest BCUT2D eigenvalue weighted by molar-refractivity contribution is 0.101. The van der Waals surface area contributed by atoms with E-state index in [1.54, 1.807) is 19.1 Å². The Morgan fingerprint density at radius 2 is 1.93 bits per heavy atom. The van der Waals surface area contributed by atoms with Crippen LogP contribution in [-0.2, 0) is 6.54 Å². The van der Waals surface area contributed by atoms with Gasteiger partial charge in [-0.1, -0.05) is 30.3 Å². The van der Waals surface area contributed by atoms with Gasteiger partial charge in [0.05, 0.1) is 12.7 Å². The fraction of sp³-hybridized carbons (Fsp3) is 0.190. The van der Waals surface area contributed by atoms with Crippen LogP contribution in [0.4, 0.5) is 11.4 Å². The molecule has 28 heavy (non-hydrogen) atoms. The third-order valence-electron chi connectivity index (χ3n) is 4.30. The lowest BCUT2D eigenvalue weighted by Crippen LogP contribution is -2.28. The van der Waals surface area contributed by atoms with Crippen molar-refractivity contribution in [3.05, 3.63) is 64.4 Å². The third-order valence-corrected chi connectivity index (χ3v) is 4.30. The highest BCUT2D eigenvalue weighted by Gasteiger charge is 2.22. The molecule has 0 unspecified atom stereocenters. The number of carbonyl (C=O) groups is 1. The Kier molecular flexibility index (Phi) is 5.44. The molecule has 1 heterocycles. The molecule has 0 amide bonds. The number of ketones is 1. The summed E-state index contributed by atoms with van der Waals surface area (Å²) in [7, 11) is 1.45. The van der Waals surface area contributed by atoms with Gasteiger partial charge in [0.2, 0.25) is 0 Å². The molecule has 2 aromatic carbocycles. The first-order valence-corrected chi connectivity index (χ1v) is 8.81. The zero-order chi connectivity index (χ0) is 20.3. The summed E-state index contributed by atoms with van der Waals surface area (Å²) >= 11 is 0.